The van der Waals surface area contributed by atoms with Gasteiger partial charge in [-0.25, -0.2) is 8.42 Å². The molecule has 142 valence electrons. The summed E-state index contributed by atoms with van der Waals surface area (Å²) in [5.74, 6) is 0.259. The van der Waals surface area contributed by atoms with Crippen LogP contribution in [-0.4, -0.2) is 38.3 Å². The van der Waals surface area contributed by atoms with E-state index in [0.29, 0.717) is 23.9 Å². The topological polar surface area (TPSA) is 75.7 Å². The van der Waals surface area contributed by atoms with Crippen molar-refractivity contribution in [3.05, 3.63) is 46.3 Å². The molecule has 0 aliphatic heterocycles. The van der Waals surface area contributed by atoms with Crippen LogP contribution in [0.25, 0.3) is 0 Å². The van der Waals surface area contributed by atoms with Crippen LogP contribution in [0.4, 0.5) is 0 Å². The second kappa shape index (κ2) is 9.36. The Bertz CT molecular complexity index is 831. The predicted octanol–water partition coefficient (Wildman–Crippen LogP) is 3.13. The van der Waals surface area contributed by atoms with Crippen molar-refractivity contribution in [1.29, 1.82) is 0 Å². The van der Waals surface area contributed by atoms with E-state index in [1.54, 1.807) is 50.2 Å². The van der Waals surface area contributed by atoms with Crippen LogP contribution in [0.3, 0.4) is 0 Å². The molecule has 0 spiro atoms. The maximum atomic E-state index is 12.4. The van der Waals surface area contributed by atoms with Gasteiger partial charge in [0.25, 0.3) is 15.9 Å². The molecule has 0 atom stereocenters. The number of thiophene rings is 1. The van der Waals surface area contributed by atoms with E-state index in [9.17, 15) is 13.2 Å². The summed E-state index contributed by atoms with van der Waals surface area (Å²) in [6, 6.07) is 10.0. The minimum Gasteiger partial charge on any atom is -0.484 e. The van der Waals surface area contributed by atoms with Gasteiger partial charge in [0.15, 0.2) is 6.61 Å². The molecule has 0 bridgehead atoms. The molecule has 2 rings (SSSR count). The van der Waals surface area contributed by atoms with Crippen molar-refractivity contribution < 1.29 is 17.9 Å². The van der Waals surface area contributed by atoms with Crippen LogP contribution in [-0.2, 0) is 21.4 Å². The summed E-state index contributed by atoms with van der Waals surface area (Å²) in [5, 5.41) is 3.31. The van der Waals surface area contributed by atoms with E-state index in [1.807, 2.05) is 0 Å². The number of halogens is 1. The molecular weight excluding hydrogens is 396 g/mol. The minimum atomic E-state index is -3.47. The smallest absolute Gasteiger partial charge is 0.258 e. The monoisotopic (exact) mass is 416 g/mol. The van der Waals surface area contributed by atoms with Crippen LogP contribution in [0.15, 0.2) is 40.6 Å². The zero-order chi connectivity index (χ0) is 19.2. The lowest BCUT2D eigenvalue weighted by molar-refractivity contribution is -0.123. The van der Waals surface area contributed by atoms with Gasteiger partial charge in [-0.15, -0.1) is 11.3 Å². The Labute approximate surface area is 162 Å². The number of benzene rings is 1. The van der Waals surface area contributed by atoms with Crippen molar-refractivity contribution in [3.63, 3.8) is 0 Å². The van der Waals surface area contributed by atoms with Gasteiger partial charge < -0.3 is 10.1 Å². The average Bonchev–Trinajstić information content (AvgIpc) is 3.10. The Morgan fingerprint density at radius 1 is 1.15 bits per heavy atom. The van der Waals surface area contributed by atoms with Gasteiger partial charge in [0.2, 0.25) is 0 Å². The molecule has 2 aromatic rings. The zero-order valence-corrected chi connectivity index (χ0v) is 17.0. The lowest BCUT2D eigenvalue weighted by Gasteiger charge is -2.16. The van der Waals surface area contributed by atoms with Crippen molar-refractivity contribution in [2.45, 2.75) is 24.6 Å². The molecule has 0 aliphatic rings. The number of ether oxygens (including phenoxy) is 1. The molecule has 6 nitrogen and oxygen atoms in total. The summed E-state index contributed by atoms with van der Waals surface area (Å²) >= 11 is 6.94. The highest BCUT2D eigenvalue weighted by Crippen LogP contribution is 2.24. The summed E-state index contributed by atoms with van der Waals surface area (Å²) in [5.41, 5.74) is 0. The Kier molecular flexibility index (Phi) is 7.45. The molecule has 0 saturated carbocycles. The van der Waals surface area contributed by atoms with Gasteiger partial charge in [-0.05, 0) is 36.4 Å². The molecule has 1 heterocycles. The first-order valence-electron chi connectivity index (χ1n) is 8.10. The van der Waals surface area contributed by atoms with E-state index in [4.69, 9.17) is 16.3 Å². The van der Waals surface area contributed by atoms with Crippen molar-refractivity contribution in [2.24, 2.45) is 0 Å². The average molecular weight is 417 g/mol. The number of nitrogens with zero attached hydrogens (tertiary/aromatic N) is 1. The molecule has 1 N–H and O–H groups in total. The first kappa shape index (κ1) is 20.7. The number of hydrogen-bond acceptors (Lipinski definition) is 5. The predicted molar refractivity (Wildman–Crippen MR) is 103 cm³/mol. The molecule has 0 aliphatic carbocycles. The molecule has 26 heavy (non-hydrogen) atoms. The third-order valence-electron chi connectivity index (χ3n) is 3.58. The van der Waals surface area contributed by atoms with Crippen LogP contribution < -0.4 is 10.1 Å². The fourth-order valence-corrected chi connectivity index (χ4v) is 5.23. The molecule has 9 heteroatoms. The molecule has 0 radical (unpaired) electrons. The van der Waals surface area contributed by atoms with Gasteiger partial charge in [0.05, 0.1) is 6.54 Å². The number of rotatable bonds is 9. The second-order valence-electron chi connectivity index (χ2n) is 5.33. The lowest BCUT2D eigenvalue weighted by atomic mass is 10.3. The van der Waals surface area contributed by atoms with E-state index in [1.165, 1.54) is 4.31 Å². The standard InChI is InChI=1S/C17H21ClN2O4S2/c1-3-20(4-2)26(22,23)17-10-9-15(25-17)11-19-16(21)12-24-14-7-5-13(18)6-8-14/h5-10H,3-4,11-12H2,1-2H3,(H,19,21). The fraction of sp³-hybridized carbons (Fsp3) is 0.353. The summed E-state index contributed by atoms with van der Waals surface area (Å²) in [6.07, 6.45) is 0. The Balaban J connectivity index is 1.87. The highest BCUT2D eigenvalue weighted by atomic mass is 35.5. The number of carbonyl (C=O) groups is 1. The van der Waals surface area contributed by atoms with E-state index in [-0.39, 0.29) is 23.3 Å². The number of nitrogens with one attached hydrogen (secondary N) is 1. The Morgan fingerprint density at radius 2 is 1.81 bits per heavy atom. The van der Waals surface area contributed by atoms with Crippen molar-refractivity contribution >= 4 is 38.9 Å². The summed E-state index contributed by atoms with van der Waals surface area (Å²) in [6.45, 7) is 4.57. The summed E-state index contributed by atoms with van der Waals surface area (Å²) < 4.78 is 31.9. The molecule has 1 aromatic carbocycles. The van der Waals surface area contributed by atoms with Crippen LogP contribution in [0.2, 0.25) is 5.02 Å². The molecule has 1 amide bonds. The molecule has 1 aromatic heterocycles. The third kappa shape index (κ3) is 5.44. The van der Waals surface area contributed by atoms with E-state index >= 15 is 0 Å². The number of sulfonamides is 1. The first-order chi connectivity index (χ1) is 12.4. The van der Waals surface area contributed by atoms with Gasteiger partial charge in [0, 0.05) is 23.0 Å². The van der Waals surface area contributed by atoms with Crippen LogP contribution in [0.1, 0.15) is 18.7 Å². The highest BCUT2D eigenvalue weighted by molar-refractivity contribution is 7.91. The maximum Gasteiger partial charge on any atom is 0.258 e. The summed E-state index contributed by atoms with van der Waals surface area (Å²) in [7, 11) is -3.47. The number of hydrogen-bond donors (Lipinski definition) is 1. The van der Waals surface area contributed by atoms with Crippen LogP contribution in [0, 0.1) is 0 Å². The lowest BCUT2D eigenvalue weighted by Crippen LogP contribution is -2.30. The van der Waals surface area contributed by atoms with Gasteiger partial charge in [-0.2, -0.15) is 4.31 Å². The Hall–Kier alpha value is -1.61. The maximum absolute atomic E-state index is 12.4. The van der Waals surface area contributed by atoms with Gasteiger partial charge in [-0.3, -0.25) is 4.79 Å². The van der Waals surface area contributed by atoms with Crippen molar-refractivity contribution in [3.8, 4) is 5.75 Å². The minimum absolute atomic E-state index is 0.127. The van der Waals surface area contributed by atoms with Gasteiger partial charge in [-0.1, -0.05) is 25.4 Å². The van der Waals surface area contributed by atoms with E-state index in [2.05, 4.69) is 5.32 Å². The summed E-state index contributed by atoms with van der Waals surface area (Å²) in [4.78, 5) is 12.6. The molecular formula is C17H21ClN2O4S2. The zero-order valence-electron chi connectivity index (χ0n) is 14.6. The van der Waals surface area contributed by atoms with E-state index < -0.39 is 10.0 Å². The molecule has 0 fully saturated rings. The molecule has 0 saturated heterocycles. The highest BCUT2D eigenvalue weighted by Gasteiger charge is 2.23. The van der Waals surface area contributed by atoms with Crippen LogP contribution >= 0.6 is 22.9 Å². The second-order valence-corrected chi connectivity index (χ2v) is 9.10. The molecule has 0 unspecified atom stereocenters. The van der Waals surface area contributed by atoms with Gasteiger partial charge >= 0.3 is 0 Å². The largest absolute Gasteiger partial charge is 0.484 e. The first-order valence-corrected chi connectivity index (χ1v) is 10.7. The fourth-order valence-electron chi connectivity index (χ4n) is 2.20. The number of amides is 1. The third-order valence-corrected chi connectivity index (χ3v) is 7.43. The van der Waals surface area contributed by atoms with Crippen molar-refractivity contribution in [1.82, 2.24) is 9.62 Å². The van der Waals surface area contributed by atoms with E-state index in [0.717, 1.165) is 16.2 Å². The van der Waals surface area contributed by atoms with Crippen molar-refractivity contribution in [2.75, 3.05) is 19.7 Å². The van der Waals surface area contributed by atoms with Gasteiger partial charge in [0.1, 0.15) is 9.96 Å². The number of carbonyl (C=O) groups excluding carboxylic acids is 1. The van der Waals surface area contributed by atoms with Crippen LogP contribution in [0.5, 0.6) is 5.75 Å². The Morgan fingerprint density at radius 3 is 2.42 bits per heavy atom. The SMILES string of the molecule is CCN(CC)S(=O)(=O)c1ccc(CNC(=O)COc2ccc(Cl)cc2)s1. The quantitative estimate of drug-likeness (QED) is 0.681. The normalized spacial score (nSPS) is 11.5.